The number of rotatable bonds is 8. The minimum Gasteiger partial charge on any atom is -0.361 e. The third kappa shape index (κ3) is 4.98. The molecule has 170 valence electrons. The molecule has 4 aromatic rings. The van der Waals surface area contributed by atoms with Gasteiger partial charge in [0, 0.05) is 34.4 Å². The molecule has 0 radical (unpaired) electrons. The molecule has 2 amide bonds. The van der Waals surface area contributed by atoms with Crippen molar-refractivity contribution < 1.29 is 14.0 Å². The minimum absolute atomic E-state index is 0.0415. The number of benzene rings is 2. The Labute approximate surface area is 196 Å². The third-order valence-electron chi connectivity index (χ3n) is 5.72. The number of hydrogen-bond acceptors (Lipinski definition) is 3. The molecule has 33 heavy (non-hydrogen) atoms. The van der Waals surface area contributed by atoms with E-state index in [4.69, 9.17) is 0 Å². The topological polar surface area (TPSA) is 74.0 Å². The number of para-hydroxylation sites is 1. The number of thiophene rings is 1. The average molecular weight is 464 g/mol. The number of halogens is 1. The van der Waals surface area contributed by atoms with Gasteiger partial charge in [0.15, 0.2) is 0 Å². The van der Waals surface area contributed by atoms with E-state index in [1.54, 1.807) is 17.4 Å². The molecular weight excluding hydrogens is 437 g/mol. The predicted octanol–water partition coefficient (Wildman–Crippen LogP) is 5.07. The zero-order valence-corrected chi connectivity index (χ0v) is 19.3. The first-order valence-electron chi connectivity index (χ1n) is 10.9. The number of amides is 2. The van der Waals surface area contributed by atoms with E-state index in [1.807, 2.05) is 49.7 Å². The summed E-state index contributed by atoms with van der Waals surface area (Å²) in [4.78, 5) is 30.2. The zero-order chi connectivity index (χ0) is 23.4. The minimum atomic E-state index is -0.788. The molecule has 2 aromatic heterocycles. The van der Waals surface area contributed by atoms with E-state index in [0.717, 1.165) is 21.3 Å². The monoisotopic (exact) mass is 463 g/mol. The summed E-state index contributed by atoms with van der Waals surface area (Å²) in [6, 6.07) is 17.1. The van der Waals surface area contributed by atoms with Gasteiger partial charge in [-0.15, -0.1) is 11.3 Å². The van der Waals surface area contributed by atoms with Gasteiger partial charge in [-0.3, -0.25) is 9.59 Å². The van der Waals surface area contributed by atoms with Gasteiger partial charge in [0.05, 0.1) is 5.56 Å². The molecule has 0 aliphatic rings. The van der Waals surface area contributed by atoms with Crippen LogP contribution in [0.25, 0.3) is 10.9 Å². The summed E-state index contributed by atoms with van der Waals surface area (Å²) in [5.74, 6) is -1.73. The lowest BCUT2D eigenvalue weighted by Gasteiger charge is -2.24. The van der Waals surface area contributed by atoms with Crippen molar-refractivity contribution in [1.82, 2.24) is 15.6 Å². The fourth-order valence-corrected chi connectivity index (χ4v) is 4.79. The van der Waals surface area contributed by atoms with Crippen molar-refractivity contribution in [2.24, 2.45) is 5.92 Å². The molecule has 0 saturated carbocycles. The summed E-state index contributed by atoms with van der Waals surface area (Å²) >= 11 is 1.64. The van der Waals surface area contributed by atoms with Crippen molar-refractivity contribution in [1.29, 1.82) is 0 Å². The van der Waals surface area contributed by atoms with Crippen LogP contribution in [-0.4, -0.2) is 29.4 Å². The molecule has 0 aliphatic carbocycles. The number of carbonyl (C=O) groups excluding carboxylic acids is 2. The van der Waals surface area contributed by atoms with E-state index < -0.39 is 17.8 Å². The van der Waals surface area contributed by atoms with Gasteiger partial charge in [0.2, 0.25) is 5.91 Å². The summed E-state index contributed by atoms with van der Waals surface area (Å²) < 4.78 is 14.0. The fraction of sp³-hybridized carbons (Fsp3) is 0.231. The molecule has 4 rings (SSSR count). The van der Waals surface area contributed by atoms with E-state index in [9.17, 15) is 14.0 Å². The van der Waals surface area contributed by atoms with Gasteiger partial charge in [0.25, 0.3) is 5.91 Å². The number of fused-ring (bicyclic) bond motifs is 1. The quantitative estimate of drug-likeness (QED) is 0.341. The van der Waals surface area contributed by atoms with Crippen molar-refractivity contribution >= 4 is 34.1 Å². The van der Waals surface area contributed by atoms with E-state index in [0.29, 0.717) is 6.54 Å². The van der Waals surface area contributed by atoms with Crippen molar-refractivity contribution in [3.05, 3.63) is 94.1 Å². The number of hydrogen-bond donors (Lipinski definition) is 3. The van der Waals surface area contributed by atoms with Crippen LogP contribution in [0.4, 0.5) is 4.39 Å². The number of nitrogens with one attached hydrogen (secondary N) is 3. The van der Waals surface area contributed by atoms with Crippen molar-refractivity contribution in [3.63, 3.8) is 0 Å². The Balaban J connectivity index is 1.52. The molecular formula is C26H26FN3O2S. The van der Waals surface area contributed by atoms with Gasteiger partial charge < -0.3 is 15.6 Å². The summed E-state index contributed by atoms with van der Waals surface area (Å²) in [5, 5.41) is 8.85. The van der Waals surface area contributed by atoms with Crippen LogP contribution in [0.5, 0.6) is 0 Å². The van der Waals surface area contributed by atoms with Crippen LogP contribution in [0.3, 0.4) is 0 Å². The summed E-state index contributed by atoms with van der Waals surface area (Å²) in [6.07, 6.45) is 1.99. The number of aromatic nitrogens is 1. The first kappa shape index (κ1) is 22.7. The van der Waals surface area contributed by atoms with Crippen LogP contribution in [0.1, 0.15) is 40.6 Å². The number of H-pyrrole nitrogens is 1. The van der Waals surface area contributed by atoms with Crippen LogP contribution >= 0.6 is 11.3 Å². The molecule has 3 N–H and O–H groups in total. The first-order chi connectivity index (χ1) is 16.0. The van der Waals surface area contributed by atoms with Gasteiger partial charge in [-0.25, -0.2) is 4.39 Å². The lowest BCUT2D eigenvalue weighted by molar-refractivity contribution is -0.123. The highest BCUT2D eigenvalue weighted by atomic mass is 32.1. The molecule has 0 unspecified atom stereocenters. The molecule has 7 heteroatoms. The molecule has 2 aromatic carbocycles. The molecule has 5 nitrogen and oxygen atoms in total. The average Bonchev–Trinajstić information content (AvgIpc) is 3.48. The fourth-order valence-electron chi connectivity index (χ4n) is 3.95. The van der Waals surface area contributed by atoms with Gasteiger partial charge in [-0.05, 0) is 41.1 Å². The third-order valence-corrected chi connectivity index (χ3v) is 6.70. The molecule has 2 heterocycles. The summed E-state index contributed by atoms with van der Waals surface area (Å²) in [7, 11) is 0. The van der Waals surface area contributed by atoms with Crippen LogP contribution in [-0.2, 0) is 4.79 Å². The number of carbonyl (C=O) groups is 2. The second-order valence-electron chi connectivity index (χ2n) is 8.28. The van der Waals surface area contributed by atoms with Gasteiger partial charge in [-0.1, -0.05) is 50.2 Å². The van der Waals surface area contributed by atoms with Gasteiger partial charge in [-0.2, -0.15) is 0 Å². The zero-order valence-electron chi connectivity index (χ0n) is 18.5. The van der Waals surface area contributed by atoms with E-state index in [-0.39, 0.29) is 23.3 Å². The van der Waals surface area contributed by atoms with Crippen LogP contribution < -0.4 is 10.6 Å². The highest BCUT2D eigenvalue weighted by Gasteiger charge is 2.27. The van der Waals surface area contributed by atoms with Gasteiger partial charge >= 0.3 is 0 Å². The van der Waals surface area contributed by atoms with Crippen molar-refractivity contribution in [2.45, 2.75) is 25.8 Å². The highest BCUT2D eigenvalue weighted by Crippen LogP contribution is 2.32. The molecule has 0 fully saturated rings. The Hall–Kier alpha value is -3.45. The molecule has 2 atom stereocenters. The Bertz CT molecular complexity index is 1250. The van der Waals surface area contributed by atoms with Gasteiger partial charge in [0.1, 0.15) is 11.9 Å². The molecule has 0 spiro atoms. The maximum atomic E-state index is 14.0. The van der Waals surface area contributed by atoms with Crippen LogP contribution in [0.15, 0.2) is 72.2 Å². The number of aromatic amines is 1. The Morgan fingerprint density at radius 3 is 2.52 bits per heavy atom. The summed E-state index contributed by atoms with van der Waals surface area (Å²) in [5.41, 5.74) is 2.06. The molecule has 0 bridgehead atoms. The smallest absolute Gasteiger partial charge is 0.254 e. The summed E-state index contributed by atoms with van der Waals surface area (Å²) in [6.45, 7) is 4.07. The SMILES string of the molecule is CC(C)[C@@H](NC(=O)c1ccccc1F)C(=O)NC[C@H](c1cccs1)c1c[nH]c2ccccc12. The lowest BCUT2D eigenvalue weighted by Crippen LogP contribution is -2.50. The Morgan fingerprint density at radius 2 is 1.79 bits per heavy atom. The van der Waals surface area contributed by atoms with Crippen LogP contribution in [0.2, 0.25) is 0 Å². The second kappa shape index (κ2) is 10.0. The van der Waals surface area contributed by atoms with E-state index in [2.05, 4.69) is 27.8 Å². The largest absolute Gasteiger partial charge is 0.361 e. The normalized spacial score (nSPS) is 13.1. The maximum Gasteiger partial charge on any atom is 0.254 e. The standard InChI is InChI=1S/C26H26FN3O2S/c1-16(2)24(30-25(31)18-9-3-5-10-21(18)27)26(32)29-15-20(23-12-7-13-33-23)19-14-28-22-11-6-4-8-17(19)22/h3-14,16,20,24,28H,15H2,1-2H3,(H,29,32)(H,30,31)/t20-,24+/m0/s1. The predicted molar refractivity (Wildman–Crippen MR) is 130 cm³/mol. The van der Waals surface area contributed by atoms with E-state index >= 15 is 0 Å². The van der Waals surface area contributed by atoms with Crippen molar-refractivity contribution in [3.8, 4) is 0 Å². The Kier molecular flexibility index (Phi) is 6.89. The maximum absolute atomic E-state index is 14.0. The highest BCUT2D eigenvalue weighted by molar-refractivity contribution is 7.10. The first-order valence-corrected chi connectivity index (χ1v) is 11.8. The van der Waals surface area contributed by atoms with Crippen LogP contribution in [0, 0.1) is 11.7 Å². The Morgan fingerprint density at radius 1 is 1.03 bits per heavy atom. The van der Waals surface area contributed by atoms with E-state index in [1.165, 1.54) is 18.2 Å². The second-order valence-corrected chi connectivity index (χ2v) is 9.26. The van der Waals surface area contributed by atoms with Crippen molar-refractivity contribution in [2.75, 3.05) is 6.54 Å². The molecule has 0 saturated heterocycles. The lowest BCUT2D eigenvalue weighted by atomic mass is 9.96. The molecule has 0 aliphatic heterocycles.